The molecule has 1 atom stereocenters. The molecule has 0 bridgehead atoms. The number of nitrogens with two attached hydrogens (primary N) is 1. The van der Waals surface area contributed by atoms with E-state index in [2.05, 4.69) is 13.8 Å². The van der Waals surface area contributed by atoms with Gasteiger partial charge in [-0.05, 0) is 12.3 Å². The fourth-order valence-electron chi connectivity index (χ4n) is 0.450. The molecule has 3 heteroatoms. The fourth-order valence-corrected chi connectivity index (χ4v) is 0.807. The van der Waals surface area contributed by atoms with Crippen LogP contribution in [0.2, 0.25) is 0 Å². The van der Waals surface area contributed by atoms with Gasteiger partial charge >= 0.3 is 0 Å². The van der Waals surface area contributed by atoms with Gasteiger partial charge in [-0.2, -0.15) is 0 Å². The van der Waals surface area contributed by atoms with Crippen LogP contribution in [0.3, 0.4) is 0 Å². The van der Waals surface area contributed by atoms with Crippen molar-refractivity contribution >= 4 is 24.0 Å². The third-order valence-corrected chi connectivity index (χ3v) is 0.875. The minimum atomic E-state index is -0.153. The lowest BCUT2D eigenvalue weighted by molar-refractivity contribution is 0.572. The van der Waals surface area contributed by atoms with Crippen LogP contribution >= 0.6 is 24.0 Å². The highest BCUT2D eigenvalue weighted by atomic mass is 35.5. The predicted molar refractivity (Wildman–Crippen MR) is 40.5 cm³/mol. The van der Waals surface area contributed by atoms with Crippen molar-refractivity contribution in [3.63, 3.8) is 0 Å². The number of rotatable bonds is 2. The molecule has 0 fully saturated rings. The largest absolute Gasteiger partial charge is 0.315 e. The molecular formula is C5H13Cl2N. The second-order valence-corrected chi connectivity index (χ2v) is 2.71. The van der Waals surface area contributed by atoms with E-state index in [4.69, 9.17) is 17.3 Å². The van der Waals surface area contributed by atoms with Crippen molar-refractivity contribution in [1.29, 1.82) is 0 Å². The SMILES string of the molecule is CC(C)CC(N)Cl.Cl. The number of hydrogen-bond acceptors (Lipinski definition) is 1. The van der Waals surface area contributed by atoms with Crippen LogP contribution in [0, 0.1) is 5.92 Å². The predicted octanol–water partition coefficient (Wildman–Crippen LogP) is 1.98. The first-order valence-corrected chi connectivity index (χ1v) is 2.96. The molecule has 8 heavy (non-hydrogen) atoms. The molecule has 0 aliphatic carbocycles. The molecule has 0 amide bonds. The van der Waals surface area contributed by atoms with E-state index >= 15 is 0 Å². The molecule has 0 aliphatic heterocycles. The Morgan fingerprint density at radius 1 is 1.50 bits per heavy atom. The molecule has 1 unspecified atom stereocenters. The Labute approximate surface area is 62.0 Å². The summed E-state index contributed by atoms with van der Waals surface area (Å²) in [5, 5.41) is 0. The molecule has 0 aromatic rings. The summed E-state index contributed by atoms with van der Waals surface area (Å²) in [5.41, 5.74) is 5.11. The summed E-state index contributed by atoms with van der Waals surface area (Å²) in [5.74, 6) is 0.618. The van der Waals surface area contributed by atoms with E-state index in [1.165, 1.54) is 0 Å². The first kappa shape index (κ1) is 11.4. The Morgan fingerprint density at radius 3 is 1.88 bits per heavy atom. The molecule has 2 N–H and O–H groups in total. The van der Waals surface area contributed by atoms with E-state index in [1.807, 2.05) is 0 Å². The summed E-state index contributed by atoms with van der Waals surface area (Å²) in [7, 11) is 0. The number of halogens is 2. The monoisotopic (exact) mass is 157 g/mol. The first-order chi connectivity index (χ1) is 3.13. The molecule has 52 valence electrons. The van der Waals surface area contributed by atoms with Gasteiger partial charge < -0.3 is 5.73 Å². The van der Waals surface area contributed by atoms with Crippen LogP contribution in [0.4, 0.5) is 0 Å². The zero-order valence-corrected chi connectivity index (χ0v) is 6.80. The van der Waals surface area contributed by atoms with Gasteiger partial charge in [-0.1, -0.05) is 13.8 Å². The minimum absolute atomic E-state index is 0. The summed E-state index contributed by atoms with van der Waals surface area (Å²) < 4.78 is 0. The van der Waals surface area contributed by atoms with Crippen LogP contribution in [0.15, 0.2) is 0 Å². The molecule has 0 aromatic heterocycles. The molecule has 0 saturated heterocycles. The van der Waals surface area contributed by atoms with Gasteiger partial charge in [0, 0.05) is 0 Å². The highest BCUT2D eigenvalue weighted by Gasteiger charge is 1.98. The van der Waals surface area contributed by atoms with Gasteiger partial charge in [-0.15, -0.1) is 24.0 Å². The van der Waals surface area contributed by atoms with Crippen molar-refractivity contribution in [3.05, 3.63) is 0 Å². The maximum Gasteiger partial charge on any atom is 0.0802 e. The van der Waals surface area contributed by atoms with Crippen molar-refractivity contribution in [1.82, 2.24) is 0 Å². The van der Waals surface area contributed by atoms with E-state index in [1.54, 1.807) is 0 Å². The molecule has 0 aromatic carbocycles. The van der Waals surface area contributed by atoms with Crippen molar-refractivity contribution in [2.45, 2.75) is 25.8 Å². The summed E-state index contributed by atoms with van der Waals surface area (Å²) in [6.45, 7) is 4.20. The lowest BCUT2D eigenvalue weighted by Gasteiger charge is -2.03. The summed E-state index contributed by atoms with van der Waals surface area (Å²) in [6.07, 6.45) is 0.904. The van der Waals surface area contributed by atoms with Gasteiger partial charge in [0.25, 0.3) is 0 Å². The van der Waals surface area contributed by atoms with E-state index in [0.717, 1.165) is 6.42 Å². The lowest BCUT2D eigenvalue weighted by Crippen LogP contribution is -2.13. The van der Waals surface area contributed by atoms with Crippen LogP contribution in [-0.2, 0) is 0 Å². The van der Waals surface area contributed by atoms with Crippen LogP contribution < -0.4 is 5.73 Å². The van der Waals surface area contributed by atoms with Crippen molar-refractivity contribution < 1.29 is 0 Å². The van der Waals surface area contributed by atoms with E-state index in [-0.39, 0.29) is 17.9 Å². The average molecular weight is 158 g/mol. The van der Waals surface area contributed by atoms with Gasteiger partial charge in [0.2, 0.25) is 0 Å². The molecule has 0 radical (unpaired) electrons. The maximum atomic E-state index is 5.45. The summed E-state index contributed by atoms with van der Waals surface area (Å²) in [6, 6.07) is 0. The Bertz CT molecular complexity index is 39.7. The Balaban J connectivity index is 0. The molecule has 0 saturated carbocycles. The second kappa shape index (κ2) is 5.67. The van der Waals surface area contributed by atoms with E-state index in [0.29, 0.717) is 5.92 Å². The molecule has 0 heterocycles. The van der Waals surface area contributed by atoms with Crippen molar-refractivity contribution in [2.24, 2.45) is 11.7 Å². The van der Waals surface area contributed by atoms with Gasteiger partial charge in [0.05, 0.1) is 5.50 Å². The van der Waals surface area contributed by atoms with Crippen LogP contribution in [-0.4, -0.2) is 5.50 Å². The number of hydrogen-bond donors (Lipinski definition) is 1. The first-order valence-electron chi connectivity index (χ1n) is 2.52. The molecule has 0 rings (SSSR count). The zero-order chi connectivity index (χ0) is 5.86. The molecule has 0 spiro atoms. The molecular weight excluding hydrogens is 145 g/mol. The van der Waals surface area contributed by atoms with Gasteiger partial charge in [0.15, 0.2) is 0 Å². The second-order valence-electron chi connectivity index (χ2n) is 2.15. The Kier molecular flexibility index (Phi) is 8.05. The Morgan fingerprint density at radius 2 is 1.88 bits per heavy atom. The highest BCUT2D eigenvalue weighted by molar-refractivity contribution is 6.20. The molecule has 1 nitrogen and oxygen atoms in total. The fraction of sp³-hybridized carbons (Fsp3) is 1.00. The topological polar surface area (TPSA) is 26.0 Å². The van der Waals surface area contributed by atoms with Crippen LogP contribution in [0.5, 0.6) is 0 Å². The Hall–Kier alpha value is 0.540. The normalized spacial score (nSPS) is 13.1. The highest BCUT2D eigenvalue weighted by Crippen LogP contribution is 2.03. The van der Waals surface area contributed by atoms with Crippen molar-refractivity contribution in [2.75, 3.05) is 0 Å². The summed E-state index contributed by atoms with van der Waals surface area (Å²) in [4.78, 5) is 0. The van der Waals surface area contributed by atoms with Gasteiger partial charge in [0.1, 0.15) is 0 Å². The van der Waals surface area contributed by atoms with E-state index < -0.39 is 0 Å². The van der Waals surface area contributed by atoms with Crippen molar-refractivity contribution in [3.8, 4) is 0 Å². The maximum absolute atomic E-state index is 5.45. The smallest absolute Gasteiger partial charge is 0.0802 e. The zero-order valence-electron chi connectivity index (χ0n) is 5.23. The summed E-state index contributed by atoms with van der Waals surface area (Å²) >= 11 is 5.45. The standard InChI is InChI=1S/C5H12ClN.ClH/c1-4(2)3-5(6)7;/h4-5H,3,7H2,1-2H3;1H. The third-order valence-electron chi connectivity index (χ3n) is 0.697. The number of alkyl halides is 1. The minimum Gasteiger partial charge on any atom is -0.315 e. The average Bonchev–Trinajstić information content (AvgIpc) is 1.27. The quantitative estimate of drug-likeness (QED) is 0.482. The molecule has 0 aliphatic rings. The lowest BCUT2D eigenvalue weighted by atomic mass is 10.1. The van der Waals surface area contributed by atoms with Crippen LogP contribution in [0.25, 0.3) is 0 Å². The third kappa shape index (κ3) is 9.74. The van der Waals surface area contributed by atoms with Crippen LogP contribution in [0.1, 0.15) is 20.3 Å². The van der Waals surface area contributed by atoms with Gasteiger partial charge in [-0.25, -0.2) is 0 Å². The van der Waals surface area contributed by atoms with E-state index in [9.17, 15) is 0 Å². The van der Waals surface area contributed by atoms with Gasteiger partial charge in [-0.3, -0.25) is 0 Å².